The molecular weight excluding hydrogens is 361 g/mol. The first-order valence-electron chi connectivity index (χ1n) is 9.15. The Morgan fingerprint density at radius 3 is 2.41 bits per heavy atom. The minimum atomic E-state index is -4.39. The number of nitrogens with one attached hydrogen (secondary N) is 1. The number of aliphatic carboxylic acids is 1. The molecule has 8 heteroatoms. The van der Waals surface area contributed by atoms with E-state index in [-0.39, 0.29) is 12.6 Å². The Morgan fingerprint density at radius 2 is 1.89 bits per heavy atom. The molecular formula is C19H23F3N2O3. The number of halogens is 3. The van der Waals surface area contributed by atoms with E-state index >= 15 is 0 Å². The summed E-state index contributed by atoms with van der Waals surface area (Å²) in [6, 6.07) is 5.07. The number of hydrogen-bond acceptors (Lipinski definition) is 2. The summed E-state index contributed by atoms with van der Waals surface area (Å²) in [5.41, 5.74) is -0.530. The molecule has 0 aromatic heterocycles. The Balaban J connectivity index is 1.62. The predicted molar refractivity (Wildman–Crippen MR) is 92.3 cm³/mol. The van der Waals surface area contributed by atoms with E-state index in [4.69, 9.17) is 5.11 Å². The fraction of sp³-hybridized carbons (Fsp3) is 0.579. The first-order valence-corrected chi connectivity index (χ1v) is 9.15. The Kier molecular flexibility index (Phi) is 5.35. The summed E-state index contributed by atoms with van der Waals surface area (Å²) in [5, 5.41) is 11.9. The number of alkyl halides is 3. The maximum Gasteiger partial charge on any atom is 0.416 e. The van der Waals surface area contributed by atoms with E-state index < -0.39 is 29.0 Å². The van der Waals surface area contributed by atoms with Crippen molar-refractivity contribution < 1.29 is 27.9 Å². The Hall–Kier alpha value is -2.25. The number of carboxylic acids is 1. The van der Waals surface area contributed by atoms with Crippen molar-refractivity contribution in [2.45, 2.75) is 43.7 Å². The van der Waals surface area contributed by atoms with Crippen molar-refractivity contribution >= 4 is 12.0 Å². The van der Waals surface area contributed by atoms with E-state index in [1.807, 2.05) is 0 Å². The minimum absolute atomic E-state index is 0.280. The van der Waals surface area contributed by atoms with Gasteiger partial charge in [-0.3, -0.25) is 4.79 Å². The van der Waals surface area contributed by atoms with Crippen LogP contribution in [0.4, 0.5) is 18.0 Å². The average Bonchev–Trinajstić information content (AvgIpc) is 2.60. The Bertz CT molecular complexity index is 708. The van der Waals surface area contributed by atoms with Gasteiger partial charge in [0, 0.05) is 25.0 Å². The van der Waals surface area contributed by atoms with Gasteiger partial charge >= 0.3 is 18.2 Å². The van der Waals surface area contributed by atoms with Crippen LogP contribution in [0.5, 0.6) is 0 Å². The highest BCUT2D eigenvalue weighted by molar-refractivity contribution is 5.75. The lowest BCUT2D eigenvalue weighted by Gasteiger charge is -2.43. The number of carboxylic acid groups (broad SMARTS) is 1. The van der Waals surface area contributed by atoms with Crippen LogP contribution in [0.25, 0.3) is 0 Å². The molecule has 2 fully saturated rings. The second kappa shape index (κ2) is 7.40. The van der Waals surface area contributed by atoms with Gasteiger partial charge in [0.1, 0.15) is 0 Å². The maximum atomic E-state index is 13.0. The predicted octanol–water partition coefficient (Wildman–Crippen LogP) is 3.63. The molecule has 27 heavy (non-hydrogen) atoms. The summed E-state index contributed by atoms with van der Waals surface area (Å²) in [6.45, 7) is 1.03. The van der Waals surface area contributed by atoms with Crippen LogP contribution in [0.2, 0.25) is 0 Å². The van der Waals surface area contributed by atoms with Crippen LogP contribution in [-0.4, -0.2) is 41.6 Å². The molecule has 1 saturated heterocycles. The van der Waals surface area contributed by atoms with Crippen LogP contribution in [0, 0.1) is 5.92 Å². The standard InChI is InChI=1S/C19H23F3N2O3/c20-19(21,22)15-4-1-3-14(11-15)18(7-2-8-18)12-23-17(27)24-9-5-13(6-10-24)16(25)26/h1,3-4,11,13H,2,5-10,12H2,(H,23,27)(H,25,26). The summed E-state index contributed by atoms with van der Waals surface area (Å²) >= 11 is 0. The van der Waals surface area contributed by atoms with Gasteiger partial charge in [-0.2, -0.15) is 13.2 Å². The third-order valence-electron chi connectivity index (χ3n) is 5.82. The fourth-order valence-corrected chi connectivity index (χ4v) is 3.88. The molecule has 0 bridgehead atoms. The zero-order chi connectivity index (χ0) is 19.7. The first-order chi connectivity index (χ1) is 12.7. The fourth-order valence-electron chi connectivity index (χ4n) is 3.88. The lowest BCUT2D eigenvalue weighted by molar-refractivity contribution is -0.143. The number of rotatable bonds is 4. The first kappa shape index (κ1) is 19.5. The number of amides is 2. The highest BCUT2D eigenvalue weighted by Gasteiger charge is 2.41. The molecule has 1 aromatic carbocycles. The average molecular weight is 384 g/mol. The van der Waals surface area contributed by atoms with Crippen molar-refractivity contribution in [1.82, 2.24) is 10.2 Å². The molecule has 0 radical (unpaired) electrons. The number of nitrogens with zero attached hydrogens (tertiary/aromatic N) is 1. The quantitative estimate of drug-likeness (QED) is 0.833. The van der Waals surface area contributed by atoms with Crippen molar-refractivity contribution in [2.24, 2.45) is 5.92 Å². The van der Waals surface area contributed by atoms with Gasteiger partial charge in [0.2, 0.25) is 0 Å². The Morgan fingerprint density at radius 1 is 1.22 bits per heavy atom. The third-order valence-corrected chi connectivity index (χ3v) is 5.82. The van der Waals surface area contributed by atoms with Crippen LogP contribution in [0.15, 0.2) is 24.3 Å². The molecule has 0 spiro atoms. The molecule has 2 N–H and O–H groups in total. The van der Waals surface area contributed by atoms with E-state index in [0.717, 1.165) is 25.3 Å². The van der Waals surface area contributed by atoms with Gasteiger partial charge in [-0.1, -0.05) is 24.6 Å². The molecule has 1 heterocycles. The molecule has 1 aliphatic carbocycles. The molecule has 1 saturated carbocycles. The number of carbonyl (C=O) groups is 2. The molecule has 2 aliphatic rings. The van der Waals surface area contributed by atoms with Crippen LogP contribution in [0.1, 0.15) is 43.2 Å². The van der Waals surface area contributed by atoms with Gasteiger partial charge < -0.3 is 15.3 Å². The second-order valence-electron chi connectivity index (χ2n) is 7.47. The van der Waals surface area contributed by atoms with E-state index in [0.29, 0.717) is 31.5 Å². The normalized spacial score (nSPS) is 20.0. The third kappa shape index (κ3) is 4.20. The largest absolute Gasteiger partial charge is 0.481 e. The van der Waals surface area contributed by atoms with E-state index in [1.165, 1.54) is 12.1 Å². The minimum Gasteiger partial charge on any atom is -0.481 e. The van der Waals surface area contributed by atoms with Gasteiger partial charge in [-0.25, -0.2) is 4.79 Å². The van der Waals surface area contributed by atoms with Gasteiger partial charge in [-0.15, -0.1) is 0 Å². The molecule has 148 valence electrons. The zero-order valence-electron chi connectivity index (χ0n) is 14.9. The van der Waals surface area contributed by atoms with E-state index in [1.54, 1.807) is 11.0 Å². The summed E-state index contributed by atoms with van der Waals surface area (Å²) in [7, 11) is 0. The lowest BCUT2D eigenvalue weighted by Crippen LogP contribution is -2.51. The number of urea groups is 1. The molecule has 1 aromatic rings. The van der Waals surface area contributed by atoms with Gasteiger partial charge in [0.15, 0.2) is 0 Å². The highest BCUT2D eigenvalue weighted by atomic mass is 19.4. The molecule has 5 nitrogen and oxygen atoms in total. The SMILES string of the molecule is O=C(O)C1CCN(C(=O)NCC2(c3cccc(C(F)(F)F)c3)CCC2)CC1. The zero-order valence-corrected chi connectivity index (χ0v) is 14.9. The van der Waals surface area contributed by atoms with Gasteiger partial charge in [0.05, 0.1) is 11.5 Å². The number of carbonyl (C=O) groups excluding carboxylic acids is 1. The Labute approximate surface area is 155 Å². The lowest BCUT2D eigenvalue weighted by atomic mass is 9.64. The van der Waals surface area contributed by atoms with Crippen LogP contribution in [0.3, 0.4) is 0 Å². The smallest absolute Gasteiger partial charge is 0.416 e. The van der Waals surface area contributed by atoms with Crippen molar-refractivity contribution in [3.8, 4) is 0 Å². The maximum absolute atomic E-state index is 13.0. The number of hydrogen-bond donors (Lipinski definition) is 2. The summed E-state index contributed by atoms with van der Waals surface area (Å²) < 4.78 is 39.0. The number of likely N-dealkylation sites (tertiary alicyclic amines) is 1. The summed E-state index contributed by atoms with van der Waals surface area (Å²) in [4.78, 5) is 25.0. The highest BCUT2D eigenvalue weighted by Crippen LogP contribution is 2.44. The number of piperidine rings is 1. The van der Waals surface area contributed by atoms with Gasteiger partial charge in [-0.05, 0) is 37.3 Å². The van der Waals surface area contributed by atoms with Crippen molar-refractivity contribution in [3.63, 3.8) is 0 Å². The van der Waals surface area contributed by atoms with E-state index in [9.17, 15) is 22.8 Å². The van der Waals surface area contributed by atoms with E-state index in [2.05, 4.69) is 5.32 Å². The topological polar surface area (TPSA) is 69.6 Å². The molecule has 0 unspecified atom stereocenters. The van der Waals surface area contributed by atoms with Crippen molar-refractivity contribution in [1.29, 1.82) is 0 Å². The molecule has 0 atom stereocenters. The number of benzene rings is 1. The molecule has 3 rings (SSSR count). The molecule has 1 aliphatic heterocycles. The van der Waals surface area contributed by atoms with Crippen molar-refractivity contribution in [3.05, 3.63) is 35.4 Å². The molecule has 2 amide bonds. The second-order valence-corrected chi connectivity index (χ2v) is 7.47. The van der Waals surface area contributed by atoms with Crippen LogP contribution < -0.4 is 5.32 Å². The van der Waals surface area contributed by atoms with Gasteiger partial charge in [0.25, 0.3) is 0 Å². The van der Waals surface area contributed by atoms with Crippen LogP contribution in [-0.2, 0) is 16.4 Å². The van der Waals surface area contributed by atoms with Crippen LogP contribution >= 0.6 is 0 Å². The summed E-state index contributed by atoms with van der Waals surface area (Å²) in [5.74, 6) is -1.26. The van der Waals surface area contributed by atoms with Crippen molar-refractivity contribution in [2.75, 3.05) is 19.6 Å². The summed E-state index contributed by atoms with van der Waals surface area (Å²) in [6.07, 6.45) is -1.18. The monoisotopic (exact) mass is 384 g/mol.